The van der Waals surface area contributed by atoms with Crippen molar-refractivity contribution in [1.29, 1.82) is 0 Å². The second-order valence-electron chi connectivity index (χ2n) is 7.55. The van der Waals surface area contributed by atoms with Gasteiger partial charge in [0.1, 0.15) is 5.75 Å². The number of amides is 2. The second-order valence-corrected chi connectivity index (χ2v) is 7.55. The number of unbranched alkanes of at least 4 members (excludes halogenated alkanes) is 2. The van der Waals surface area contributed by atoms with E-state index in [0.29, 0.717) is 18.0 Å². The zero-order valence-corrected chi connectivity index (χ0v) is 17.6. The van der Waals surface area contributed by atoms with Crippen LogP contribution in [0.4, 0.5) is 5.69 Å². The van der Waals surface area contributed by atoms with Crippen LogP contribution in [-0.2, 0) is 9.59 Å². The van der Waals surface area contributed by atoms with E-state index in [1.807, 2.05) is 25.1 Å². The third-order valence-electron chi connectivity index (χ3n) is 4.95. The molecule has 156 valence electrons. The van der Waals surface area contributed by atoms with Crippen molar-refractivity contribution in [2.45, 2.75) is 65.4 Å². The number of carbonyl (C=O) groups excluding carboxylic acids is 2. The molecule has 1 atom stereocenters. The van der Waals surface area contributed by atoms with E-state index in [9.17, 15) is 9.59 Å². The van der Waals surface area contributed by atoms with E-state index in [1.54, 1.807) is 0 Å². The Hall–Kier alpha value is -2.08. The van der Waals surface area contributed by atoms with Crippen molar-refractivity contribution >= 4 is 17.5 Å². The van der Waals surface area contributed by atoms with Crippen LogP contribution in [0.3, 0.4) is 0 Å². The lowest BCUT2D eigenvalue weighted by Gasteiger charge is -2.26. The molecule has 2 N–H and O–H groups in total. The molecular weight excluding hydrogens is 354 g/mol. The van der Waals surface area contributed by atoms with Gasteiger partial charge in [0.25, 0.3) is 5.91 Å². The largest absolute Gasteiger partial charge is 0.478 e. The fraction of sp³-hybridized carbons (Fsp3) is 0.636. The van der Waals surface area contributed by atoms with Crippen LogP contribution in [0, 0.1) is 6.92 Å². The van der Waals surface area contributed by atoms with Crippen LogP contribution in [0.5, 0.6) is 5.75 Å². The Morgan fingerprint density at radius 3 is 2.50 bits per heavy atom. The SMILES string of the molecule is CCCCN(CCCC)CCCNC(=O)C[C@H]1Oc2ccc(C)cc2NC1=O. The van der Waals surface area contributed by atoms with Gasteiger partial charge in [-0.3, -0.25) is 9.59 Å². The number of carbonyl (C=O) groups is 2. The summed E-state index contributed by atoms with van der Waals surface area (Å²) >= 11 is 0. The summed E-state index contributed by atoms with van der Waals surface area (Å²) in [7, 11) is 0. The van der Waals surface area contributed by atoms with Gasteiger partial charge in [-0.15, -0.1) is 0 Å². The summed E-state index contributed by atoms with van der Waals surface area (Å²) in [4.78, 5) is 26.9. The van der Waals surface area contributed by atoms with E-state index in [1.165, 1.54) is 25.7 Å². The first-order valence-corrected chi connectivity index (χ1v) is 10.6. The maximum Gasteiger partial charge on any atom is 0.266 e. The summed E-state index contributed by atoms with van der Waals surface area (Å²) in [6.07, 6.45) is 5.00. The lowest BCUT2D eigenvalue weighted by molar-refractivity contribution is -0.130. The van der Waals surface area contributed by atoms with Crippen molar-refractivity contribution in [2.75, 3.05) is 31.5 Å². The molecule has 0 fully saturated rings. The highest BCUT2D eigenvalue weighted by Gasteiger charge is 2.29. The molecule has 28 heavy (non-hydrogen) atoms. The Bertz CT molecular complexity index is 640. The Morgan fingerprint density at radius 1 is 1.14 bits per heavy atom. The van der Waals surface area contributed by atoms with Gasteiger partial charge in [-0.25, -0.2) is 0 Å². The maximum atomic E-state index is 12.2. The van der Waals surface area contributed by atoms with Gasteiger partial charge in [0.15, 0.2) is 6.10 Å². The van der Waals surface area contributed by atoms with Gasteiger partial charge >= 0.3 is 0 Å². The molecule has 6 nitrogen and oxygen atoms in total. The Morgan fingerprint density at radius 2 is 1.82 bits per heavy atom. The quantitative estimate of drug-likeness (QED) is 0.537. The molecular formula is C22H35N3O3. The topological polar surface area (TPSA) is 70.7 Å². The van der Waals surface area contributed by atoms with Gasteiger partial charge in [-0.2, -0.15) is 0 Å². The molecule has 2 amide bonds. The molecule has 1 aromatic carbocycles. The summed E-state index contributed by atoms with van der Waals surface area (Å²) in [6.45, 7) is 10.2. The Kier molecular flexibility index (Phi) is 9.28. The van der Waals surface area contributed by atoms with Crippen molar-refractivity contribution < 1.29 is 14.3 Å². The third-order valence-corrected chi connectivity index (χ3v) is 4.95. The van der Waals surface area contributed by atoms with Gasteiger partial charge in [-0.1, -0.05) is 32.8 Å². The van der Waals surface area contributed by atoms with Crippen LogP contribution in [0.15, 0.2) is 18.2 Å². The molecule has 0 radical (unpaired) electrons. The van der Waals surface area contributed by atoms with Crippen molar-refractivity contribution in [3.05, 3.63) is 23.8 Å². The fourth-order valence-electron chi connectivity index (χ4n) is 3.27. The number of fused-ring (bicyclic) bond motifs is 1. The molecule has 1 heterocycles. The normalized spacial score (nSPS) is 15.7. The van der Waals surface area contributed by atoms with Crippen LogP contribution in [0.1, 0.15) is 57.9 Å². The number of hydrogen-bond donors (Lipinski definition) is 2. The minimum atomic E-state index is -0.777. The standard InChI is InChI=1S/C22H35N3O3/c1-4-6-12-25(13-7-5-2)14-8-11-23-21(26)16-20-22(27)24-18-15-17(3)9-10-19(18)28-20/h9-10,15,20H,4-8,11-14,16H2,1-3H3,(H,23,26)(H,24,27)/t20-/m1/s1. The zero-order chi connectivity index (χ0) is 20.4. The summed E-state index contributed by atoms with van der Waals surface area (Å²) in [5, 5.41) is 5.75. The van der Waals surface area contributed by atoms with Crippen LogP contribution in [0.2, 0.25) is 0 Å². The number of rotatable bonds is 12. The molecule has 1 aromatic rings. The average Bonchev–Trinajstić information content (AvgIpc) is 2.67. The first-order valence-electron chi connectivity index (χ1n) is 10.6. The summed E-state index contributed by atoms with van der Waals surface area (Å²) in [6, 6.07) is 5.62. The number of benzene rings is 1. The zero-order valence-electron chi connectivity index (χ0n) is 17.6. The lowest BCUT2D eigenvalue weighted by atomic mass is 10.1. The average molecular weight is 390 g/mol. The maximum absolute atomic E-state index is 12.2. The van der Waals surface area contributed by atoms with Crippen molar-refractivity contribution in [3.63, 3.8) is 0 Å². The van der Waals surface area contributed by atoms with Crippen LogP contribution in [0.25, 0.3) is 0 Å². The monoisotopic (exact) mass is 389 g/mol. The number of anilines is 1. The molecule has 0 unspecified atom stereocenters. The van der Waals surface area contributed by atoms with Crippen molar-refractivity contribution in [3.8, 4) is 5.75 Å². The van der Waals surface area contributed by atoms with Gasteiger partial charge in [0.2, 0.25) is 5.91 Å². The first-order chi connectivity index (χ1) is 13.5. The predicted molar refractivity (Wildman–Crippen MR) is 113 cm³/mol. The van der Waals surface area contributed by atoms with E-state index in [4.69, 9.17) is 4.74 Å². The van der Waals surface area contributed by atoms with Crippen molar-refractivity contribution in [1.82, 2.24) is 10.2 Å². The number of nitrogens with zero attached hydrogens (tertiary/aromatic N) is 1. The highest BCUT2D eigenvalue weighted by atomic mass is 16.5. The van der Waals surface area contributed by atoms with Gasteiger partial charge in [0.05, 0.1) is 12.1 Å². The predicted octanol–water partition coefficient (Wildman–Crippen LogP) is 3.49. The lowest BCUT2D eigenvalue weighted by Crippen LogP contribution is -2.41. The van der Waals surface area contributed by atoms with Crippen LogP contribution in [-0.4, -0.2) is 49.0 Å². The number of nitrogens with one attached hydrogen (secondary N) is 2. The highest BCUT2D eigenvalue weighted by molar-refractivity contribution is 6.00. The van der Waals surface area contributed by atoms with E-state index < -0.39 is 6.10 Å². The molecule has 6 heteroatoms. The molecule has 0 saturated carbocycles. The molecule has 2 rings (SSSR count). The molecule has 0 bridgehead atoms. The van der Waals surface area contributed by atoms with E-state index in [-0.39, 0.29) is 18.2 Å². The van der Waals surface area contributed by atoms with E-state index >= 15 is 0 Å². The van der Waals surface area contributed by atoms with Gasteiger partial charge in [-0.05, 0) is 63.5 Å². The molecule has 1 aliphatic rings. The van der Waals surface area contributed by atoms with Gasteiger partial charge in [0, 0.05) is 6.54 Å². The Balaban J connectivity index is 1.72. The smallest absolute Gasteiger partial charge is 0.266 e. The molecule has 0 aliphatic carbocycles. The Labute approximate surface area is 169 Å². The number of hydrogen-bond acceptors (Lipinski definition) is 4. The molecule has 1 aliphatic heterocycles. The van der Waals surface area contributed by atoms with E-state index in [2.05, 4.69) is 29.4 Å². The number of ether oxygens (including phenoxy) is 1. The summed E-state index contributed by atoms with van der Waals surface area (Å²) < 4.78 is 5.72. The second kappa shape index (κ2) is 11.7. The molecule has 0 aromatic heterocycles. The fourth-order valence-corrected chi connectivity index (χ4v) is 3.27. The highest BCUT2D eigenvalue weighted by Crippen LogP contribution is 2.30. The first kappa shape index (κ1) is 22.2. The minimum Gasteiger partial charge on any atom is -0.478 e. The van der Waals surface area contributed by atoms with Crippen molar-refractivity contribution in [2.24, 2.45) is 0 Å². The van der Waals surface area contributed by atoms with E-state index in [0.717, 1.165) is 31.6 Å². The van der Waals surface area contributed by atoms with Gasteiger partial charge < -0.3 is 20.3 Å². The molecule has 0 spiro atoms. The molecule has 0 saturated heterocycles. The third kappa shape index (κ3) is 7.15. The summed E-state index contributed by atoms with van der Waals surface area (Å²) in [5.74, 6) is 0.202. The summed E-state index contributed by atoms with van der Waals surface area (Å²) in [5.41, 5.74) is 1.71. The number of aryl methyl sites for hydroxylation is 1. The van der Waals surface area contributed by atoms with Crippen LogP contribution < -0.4 is 15.4 Å². The van der Waals surface area contributed by atoms with Crippen LogP contribution >= 0.6 is 0 Å². The minimum absolute atomic E-state index is 0.0362.